The van der Waals surface area contributed by atoms with Gasteiger partial charge in [-0.2, -0.15) is 0 Å². The molecule has 7 heavy (non-hydrogen) atoms. The topological polar surface area (TPSA) is 37.3 Å². The Morgan fingerprint density at radius 2 is 1.71 bits per heavy atom. The van der Waals surface area contributed by atoms with Crippen molar-refractivity contribution in [2.75, 3.05) is 6.61 Å². The van der Waals surface area contributed by atoms with Gasteiger partial charge in [0.2, 0.25) is 0 Å². The molecule has 0 bridgehead atoms. The molecular weight excluding hydrogens is 199 g/mol. The SMILES string of the molecule is CCCO.[O]=[Zn].[Zn]. The molecule has 0 rings (SSSR count). The van der Waals surface area contributed by atoms with Crippen LogP contribution in [0, 0.1) is 0 Å². The van der Waals surface area contributed by atoms with Crippen LogP contribution >= 0.6 is 0 Å². The Hall–Kier alpha value is 1.01. The Morgan fingerprint density at radius 1 is 1.57 bits per heavy atom. The van der Waals surface area contributed by atoms with Crippen LogP contribution in [0.3, 0.4) is 0 Å². The van der Waals surface area contributed by atoms with Crippen molar-refractivity contribution in [3.8, 4) is 0 Å². The molecule has 0 aromatic heterocycles. The van der Waals surface area contributed by atoms with Crippen molar-refractivity contribution < 1.29 is 46.4 Å². The van der Waals surface area contributed by atoms with Gasteiger partial charge in [-0.3, -0.25) is 0 Å². The Labute approximate surface area is 66.4 Å². The molecule has 0 atom stereocenters. The standard InChI is InChI=1S/C3H8O.O.2Zn/c1-2-3-4;;;/h4H,2-3H2,1H3;;;. The van der Waals surface area contributed by atoms with Gasteiger partial charge in [-0.15, -0.1) is 0 Å². The van der Waals surface area contributed by atoms with Crippen LogP contribution in [0.5, 0.6) is 0 Å². The third-order valence-corrected chi connectivity index (χ3v) is 0.224. The summed E-state index contributed by atoms with van der Waals surface area (Å²) in [5.41, 5.74) is 0. The first-order valence-electron chi connectivity index (χ1n) is 1.81. The summed E-state index contributed by atoms with van der Waals surface area (Å²) in [4.78, 5) is 0. The minimum Gasteiger partial charge on any atom is 0 e. The number of aliphatic hydroxyl groups excluding tert-OH is 1. The summed E-state index contributed by atoms with van der Waals surface area (Å²) in [6, 6.07) is 0. The maximum Gasteiger partial charge on any atom is 0 e. The van der Waals surface area contributed by atoms with Crippen LogP contribution < -0.4 is 0 Å². The van der Waals surface area contributed by atoms with Crippen LogP contribution in [0.25, 0.3) is 0 Å². The quantitative estimate of drug-likeness (QED) is 0.626. The smallest absolute Gasteiger partial charge is 0 e. The maximum absolute atomic E-state index is 8.38. The maximum atomic E-state index is 8.38. The molecule has 0 aliphatic rings. The Morgan fingerprint density at radius 3 is 1.71 bits per heavy atom. The molecule has 4 heteroatoms. The molecule has 0 aliphatic heterocycles. The Kier molecular flexibility index (Phi) is 62.6. The molecule has 0 saturated carbocycles. The third kappa shape index (κ3) is 43.6. The van der Waals surface area contributed by atoms with Crippen LogP contribution in [-0.4, -0.2) is 11.7 Å². The van der Waals surface area contributed by atoms with E-state index in [0.29, 0.717) is 6.61 Å². The molecule has 0 fully saturated rings. The van der Waals surface area contributed by atoms with E-state index in [4.69, 9.17) is 8.68 Å². The summed E-state index contributed by atoms with van der Waals surface area (Å²) >= 11 is 0.125. The molecule has 0 heterocycles. The van der Waals surface area contributed by atoms with E-state index in [1.165, 1.54) is 0 Å². The van der Waals surface area contributed by atoms with Crippen LogP contribution in [0.15, 0.2) is 0 Å². The third-order valence-electron chi connectivity index (χ3n) is 0.224. The van der Waals surface area contributed by atoms with E-state index >= 15 is 0 Å². The Bertz CT molecular complexity index is 18.4. The summed E-state index contributed by atoms with van der Waals surface area (Å²) in [7, 11) is 0. The van der Waals surface area contributed by atoms with Crippen molar-refractivity contribution in [1.82, 2.24) is 0 Å². The van der Waals surface area contributed by atoms with Gasteiger partial charge >= 0.3 is 21.8 Å². The monoisotopic (exact) mass is 204 g/mol. The minimum absolute atomic E-state index is 0. The summed E-state index contributed by atoms with van der Waals surface area (Å²) in [5.74, 6) is 0. The van der Waals surface area contributed by atoms with Crippen molar-refractivity contribution in [3.63, 3.8) is 0 Å². The first-order valence-corrected chi connectivity index (χ1v) is 3.02. The van der Waals surface area contributed by atoms with E-state index < -0.39 is 0 Å². The molecule has 1 N–H and O–H groups in total. The molecule has 0 spiro atoms. The predicted octanol–water partition coefficient (Wildman–Crippen LogP) is 0.265. The van der Waals surface area contributed by atoms with Gasteiger partial charge in [0.05, 0.1) is 0 Å². The molecule has 0 unspecified atom stereocenters. The molecule has 0 saturated heterocycles. The molecule has 0 aromatic rings. The van der Waals surface area contributed by atoms with Crippen LogP contribution in [0.4, 0.5) is 0 Å². The molecule has 0 amide bonds. The van der Waals surface area contributed by atoms with Gasteiger partial charge in [-0.1, -0.05) is 6.92 Å². The van der Waals surface area contributed by atoms with Gasteiger partial charge < -0.3 is 5.11 Å². The fourth-order valence-corrected chi connectivity index (χ4v) is 0. The molecule has 2 nitrogen and oxygen atoms in total. The van der Waals surface area contributed by atoms with E-state index in [1.54, 1.807) is 0 Å². The van der Waals surface area contributed by atoms with Gasteiger partial charge in [-0.05, 0) is 6.42 Å². The van der Waals surface area contributed by atoms with Crippen molar-refractivity contribution in [2.24, 2.45) is 0 Å². The van der Waals surface area contributed by atoms with Gasteiger partial charge in [0.1, 0.15) is 0 Å². The number of rotatable bonds is 1. The van der Waals surface area contributed by atoms with E-state index in [9.17, 15) is 0 Å². The summed E-state index contributed by atoms with van der Waals surface area (Å²) < 4.78 is 8.38. The van der Waals surface area contributed by atoms with E-state index in [2.05, 4.69) is 0 Å². The number of hydrogen-bond acceptors (Lipinski definition) is 2. The van der Waals surface area contributed by atoms with Crippen molar-refractivity contribution >= 4 is 0 Å². The van der Waals surface area contributed by atoms with Crippen molar-refractivity contribution in [2.45, 2.75) is 13.3 Å². The zero-order chi connectivity index (χ0) is 5.41. The molecule has 0 aromatic carbocycles. The van der Waals surface area contributed by atoms with Crippen LogP contribution in [0.2, 0.25) is 0 Å². The van der Waals surface area contributed by atoms with Crippen molar-refractivity contribution in [1.29, 1.82) is 0 Å². The minimum atomic E-state index is 0. The molecular formula is C3H8O2Zn2. The zero-order valence-corrected chi connectivity index (χ0v) is 10.6. The average Bonchev–Trinajstić information content (AvgIpc) is 1.72. The molecule has 36 valence electrons. The van der Waals surface area contributed by atoms with Gasteiger partial charge in [0.25, 0.3) is 0 Å². The number of hydrogen-bond donors (Lipinski definition) is 1. The average molecular weight is 207 g/mol. The van der Waals surface area contributed by atoms with Crippen molar-refractivity contribution in [3.05, 3.63) is 0 Å². The van der Waals surface area contributed by atoms with Crippen LogP contribution in [0.1, 0.15) is 13.3 Å². The van der Waals surface area contributed by atoms with Gasteiger partial charge in [0.15, 0.2) is 0 Å². The van der Waals surface area contributed by atoms with Gasteiger partial charge in [-0.25, -0.2) is 0 Å². The zero-order valence-electron chi connectivity index (χ0n) is 4.68. The second-order valence-corrected chi connectivity index (χ2v) is 0.724. The number of aliphatic hydroxyl groups is 1. The Balaban J connectivity index is -0.0000000480. The summed E-state index contributed by atoms with van der Waals surface area (Å²) in [5, 5.41) is 7.88. The first kappa shape index (κ1) is 15.7. The van der Waals surface area contributed by atoms with Gasteiger partial charge in [0, 0.05) is 26.1 Å². The van der Waals surface area contributed by atoms with E-state index in [-0.39, 0.29) is 37.7 Å². The van der Waals surface area contributed by atoms with Crippen LogP contribution in [-0.2, 0) is 41.3 Å². The predicted molar refractivity (Wildman–Crippen MR) is 18.1 cm³/mol. The second-order valence-electron chi connectivity index (χ2n) is 0.724. The summed E-state index contributed by atoms with van der Waals surface area (Å²) in [6.45, 7) is 2.25. The fourth-order valence-electron chi connectivity index (χ4n) is 0. The largest absolute Gasteiger partial charge is 0 e. The fraction of sp³-hybridized carbons (Fsp3) is 1.00. The molecule has 0 aliphatic carbocycles. The van der Waals surface area contributed by atoms with E-state index in [0.717, 1.165) is 6.42 Å². The molecule has 0 radical (unpaired) electrons. The summed E-state index contributed by atoms with van der Waals surface area (Å²) in [6.07, 6.45) is 0.875. The van der Waals surface area contributed by atoms with E-state index in [1.807, 2.05) is 6.92 Å². The first-order chi connectivity index (χ1) is 2.91. The normalized spacial score (nSPS) is 5.14. The second kappa shape index (κ2) is 28.0.